The summed E-state index contributed by atoms with van der Waals surface area (Å²) in [6.07, 6.45) is 1.41. The first kappa shape index (κ1) is 27.6. The van der Waals surface area contributed by atoms with Crippen LogP contribution in [0.25, 0.3) is 22.2 Å². The molecule has 0 aliphatic carbocycles. The number of fused-ring (bicyclic) bond motifs is 8. The molecular formula is C32H32N4O6. The van der Waals surface area contributed by atoms with E-state index in [4.69, 9.17) is 14.7 Å². The number of aromatic nitrogens is 4. The average Bonchev–Trinajstić information content (AvgIpc) is 3.62. The molecule has 0 aromatic carbocycles. The van der Waals surface area contributed by atoms with E-state index in [-0.39, 0.29) is 47.5 Å². The third kappa shape index (κ3) is 4.33. The molecule has 216 valence electrons. The molecule has 42 heavy (non-hydrogen) atoms. The second-order valence-electron chi connectivity index (χ2n) is 11.5. The van der Waals surface area contributed by atoms with E-state index >= 15 is 0 Å². The Morgan fingerprint density at radius 3 is 2.45 bits per heavy atom. The van der Waals surface area contributed by atoms with Crippen LogP contribution in [0.4, 0.5) is 0 Å². The third-order valence-electron chi connectivity index (χ3n) is 8.92. The van der Waals surface area contributed by atoms with Crippen molar-refractivity contribution in [3.8, 4) is 0 Å². The van der Waals surface area contributed by atoms with Crippen LogP contribution in [0.15, 0.2) is 18.2 Å². The van der Waals surface area contributed by atoms with Gasteiger partial charge in [-0.05, 0) is 69.4 Å². The number of aromatic amines is 2. The maximum atomic E-state index is 13.3. The summed E-state index contributed by atoms with van der Waals surface area (Å²) in [4.78, 5) is 67.1. The van der Waals surface area contributed by atoms with Gasteiger partial charge >= 0.3 is 17.9 Å². The van der Waals surface area contributed by atoms with Crippen LogP contribution in [-0.2, 0) is 20.7 Å². The summed E-state index contributed by atoms with van der Waals surface area (Å²) in [5.41, 5.74) is 7.41. The van der Waals surface area contributed by atoms with E-state index in [9.17, 15) is 24.3 Å². The van der Waals surface area contributed by atoms with Crippen molar-refractivity contribution in [2.45, 2.75) is 78.1 Å². The number of Topliss-reactive ketones (excluding diaryl/α,β-unsaturated/α-hetero) is 1. The van der Waals surface area contributed by atoms with Gasteiger partial charge in [0.15, 0.2) is 5.78 Å². The van der Waals surface area contributed by atoms with Crippen LogP contribution in [0.1, 0.15) is 125 Å². The minimum Gasteiger partial charge on any atom is -0.481 e. The summed E-state index contributed by atoms with van der Waals surface area (Å²) in [6.45, 7) is 9.39. The topological polar surface area (TPSA) is 155 Å². The fourth-order valence-electron chi connectivity index (χ4n) is 6.73. The molecule has 0 amide bonds. The monoisotopic (exact) mass is 568 g/mol. The fraction of sp³-hybridized carbons (Fsp3) is 0.375. The zero-order valence-electron chi connectivity index (χ0n) is 24.2. The third-order valence-corrected chi connectivity index (χ3v) is 8.92. The van der Waals surface area contributed by atoms with Crippen molar-refractivity contribution in [3.63, 3.8) is 0 Å². The SMILES string of the molecule is CC[C@H]1c2cc3[nH]c4c(c5[nH]c(cc6nc(cc(n2)C1C)C(C(C)=O)=C6C)C[C@@H]5CCC(=O)O)C(=O)OC(=O)c4c3C. The first-order chi connectivity index (χ1) is 20.0. The van der Waals surface area contributed by atoms with Crippen LogP contribution in [0, 0.1) is 6.92 Å². The van der Waals surface area contributed by atoms with E-state index < -0.39 is 17.9 Å². The molecule has 6 heterocycles. The van der Waals surface area contributed by atoms with E-state index in [2.05, 4.69) is 23.8 Å². The average molecular weight is 569 g/mol. The number of ketones is 1. The zero-order valence-corrected chi connectivity index (χ0v) is 24.2. The van der Waals surface area contributed by atoms with Crippen molar-refractivity contribution in [1.82, 2.24) is 19.9 Å². The molecule has 2 aromatic heterocycles. The molecule has 0 spiro atoms. The summed E-state index contributed by atoms with van der Waals surface area (Å²) in [5, 5.41) is 9.43. The van der Waals surface area contributed by atoms with Gasteiger partial charge in [0, 0.05) is 58.0 Å². The highest BCUT2D eigenvalue weighted by Crippen LogP contribution is 2.41. The van der Waals surface area contributed by atoms with Crippen LogP contribution in [-0.4, -0.2) is 48.7 Å². The Balaban J connectivity index is 1.76. The molecule has 3 atom stereocenters. The minimum atomic E-state index is -0.947. The predicted molar refractivity (Wildman–Crippen MR) is 155 cm³/mol. The molecule has 4 aliphatic heterocycles. The van der Waals surface area contributed by atoms with Crippen molar-refractivity contribution in [2.75, 3.05) is 0 Å². The second-order valence-corrected chi connectivity index (χ2v) is 11.5. The molecule has 10 heteroatoms. The molecule has 1 unspecified atom stereocenters. The first-order valence-corrected chi connectivity index (χ1v) is 14.2. The number of carboxylic acids is 1. The van der Waals surface area contributed by atoms with Gasteiger partial charge in [-0.1, -0.05) is 13.8 Å². The van der Waals surface area contributed by atoms with Crippen LogP contribution in [0.5, 0.6) is 0 Å². The number of hydrogen-bond donors (Lipinski definition) is 3. The molecule has 2 aromatic rings. The van der Waals surface area contributed by atoms with Gasteiger partial charge in [0.2, 0.25) is 0 Å². The summed E-state index contributed by atoms with van der Waals surface area (Å²) in [6, 6.07) is 5.66. The van der Waals surface area contributed by atoms with Crippen LogP contribution >= 0.6 is 0 Å². The number of aliphatic carboxylic acids is 1. The van der Waals surface area contributed by atoms with Gasteiger partial charge in [0.1, 0.15) is 5.56 Å². The number of aryl methyl sites for hydroxylation is 1. The summed E-state index contributed by atoms with van der Waals surface area (Å²) in [5.74, 6) is -2.75. The van der Waals surface area contributed by atoms with Crippen molar-refractivity contribution in [3.05, 3.63) is 69.1 Å². The number of carboxylic acid groups (broad SMARTS) is 1. The van der Waals surface area contributed by atoms with Gasteiger partial charge in [0.25, 0.3) is 0 Å². The number of nitrogens with zero attached hydrogens (tertiary/aromatic N) is 2. The Kier molecular flexibility index (Phi) is 6.59. The molecule has 0 radical (unpaired) electrons. The van der Waals surface area contributed by atoms with Crippen molar-refractivity contribution in [2.24, 2.45) is 0 Å². The standard InChI is InChI=1S/C32H32N4O6/c1-6-19-13(2)21-12-24-26(16(5)37)14(3)20(35-24)10-18-9-17(7-8-25(38)39)29(33-18)28-30-27(31(40)42-32(28)41)15(4)22(36-30)11-23(19)34-21/h10-13,17,19,33,36H,6-9H2,1-5H3,(H,38,39)/t13?,17-,19+/m0/s1. The quantitative estimate of drug-likeness (QED) is 0.308. The highest BCUT2D eigenvalue weighted by molar-refractivity contribution is 6.27. The zero-order chi connectivity index (χ0) is 30.0. The van der Waals surface area contributed by atoms with Crippen molar-refractivity contribution < 1.29 is 29.0 Å². The number of carbonyl (C=O) groups is 4. The van der Waals surface area contributed by atoms with Crippen LogP contribution in [0.2, 0.25) is 0 Å². The Bertz CT molecular complexity index is 1830. The van der Waals surface area contributed by atoms with Gasteiger partial charge in [0.05, 0.1) is 22.5 Å². The number of cyclic esters (lactones) is 2. The minimum absolute atomic E-state index is 0.0670. The van der Waals surface area contributed by atoms with Crippen LogP contribution < -0.4 is 0 Å². The Hall–Kier alpha value is -4.60. The summed E-state index contributed by atoms with van der Waals surface area (Å²) in [7, 11) is 0. The number of rotatable bonds is 5. The maximum Gasteiger partial charge on any atom is 0.349 e. The van der Waals surface area contributed by atoms with Crippen molar-refractivity contribution in [1.29, 1.82) is 0 Å². The number of nitrogens with one attached hydrogen (secondary N) is 2. The number of hydrogen-bond acceptors (Lipinski definition) is 7. The predicted octanol–water partition coefficient (Wildman–Crippen LogP) is 5.66. The summed E-state index contributed by atoms with van der Waals surface area (Å²) >= 11 is 0. The first-order valence-electron chi connectivity index (χ1n) is 14.2. The normalized spacial score (nSPS) is 20.5. The van der Waals surface area contributed by atoms with Crippen LogP contribution in [0.3, 0.4) is 0 Å². The molecule has 4 aliphatic rings. The Morgan fingerprint density at radius 2 is 1.76 bits per heavy atom. The molecule has 3 N–H and O–H groups in total. The lowest BCUT2D eigenvalue weighted by atomic mass is 9.89. The number of ether oxygens (including phenoxy) is 1. The Morgan fingerprint density at radius 1 is 1.02 bits per heavy atom. The largest absolute Gasteiger partial charge is 0.481 e. The highest BCUT2D eigenvalue weighted by Gasteiger charge is 2.36. The lowest BCUT2D eigenvalue weighted by Gasteiger charge is -2.15. The van der Waals surface area contributed by atoms with E-state index in [1.54, 1.807) is 6.92 Å². The molecule has 0 fully saturated rings. The lowest BCUT2D eigenvalue weighted by molar-refractivity contribution is -0.137. The molecule has 6 rings (SSSR count). The molecule has 0 saturated heterocycles. The molecule has 0 saturated carbocycles. The van der Waals surface area contributed by atoms with Gasteiger partial charge in [-0.2, -0.15) is 0 Å². The van der Waals surface area contributed by atoms with E-state index in [0.717, 1.165) is 29.1 Å². The van der Waals surface area contributed by atoms with Gasteiger partial charge in [-0.15, -0.1) is 0 Å². The number of allylic oxidation sites excluding steroid dienone is 2. The molecule has 10 nitrogen and oxygen atoms in total. The Labute approximate surface area is 241 Å². The number of H-pyrrole nitrogens is 2. The van der Waals surface area contributed by atoms with E-state index in [0.29, 0.717) is 45.7 Å². The maximum absolute atomic E-state index is 13.3. The second kappa shape index (κ2) is 10.0. The fourth-order valence-corrected chi connectivity index (χ4v) is 6.73. The lowest BCUT2D eigenvalue weighted by Crippen LogP contribution is -2.21. The number of carbonyl (C=O) groups excluding carboxylic acids is 3. The summed E-state index contributed by atoms with van der Waals surface area (Å²) < 4.78 is 5.23. The van der Waals surface area contributed by atoms with E-state index in [1.165, 1.54) is 6.92 Å². The smallest absolute Gasteiger partial charge is 0.349 e. The van der Waals surface area contributed by atoms with Crippen molar-refractivity contribution >= 4 is 45.9 Å². The van der Waals surface area contributed by atoms with Gasteiger partial charge in [-0.3, -0.25) is 14.6 Å². The number of esters is 2. The highest BCUT2D eigenvalue weighted by atomic mass is 16.6. The molecule has 8 bridgehead atoms. The van der Waals surface area contributed by atoms with E-state index in [1.807, 2.05) is 25.1 Å². The van der Waals surface area contributed by atoms with Gasteiger partial charge in [-0.25, -0.2) is 14.6 Å². The van der Waals surface area contributed by atoms with Gasteiger partial charge < -0.3 is 19.8 Å². The molecular weight excluding hydrogens is 536 g/mol.